The number of carbonyl (C=O) groups excluding carboxylic acids is 2. The maximum Gasteiger partial charge on any atom is 0.402 e. The van der Waals surface area contributed by atoms with Crippen molar-refractivity contribution in [1.82, 2.24) is 19.8 Å². The third kappa shape index (κ3) is 7.71. The van der Waals surface area contributed by atoms with Crippen LogP contribution in [0.4, 0.5) is 18.0 Å². The Balaban J connectivity index is 1.75. The molecule has 1 aromatic carbocycles. The molecule has 2 aliphatic rings. The Morgan fingerprint density at radius 1 is 1.20 bits per heavy atom. The van der Waals surface area contributed by atoms with E-state index in [-0.39, 0.29) is 45.2 Å². The lowest BCUT2D eigenvalue weighted by Crippen LogP contribution is -2.55. The number of urea groups is 1. The lowest BCUT2D eigenvalue weighted by atomic mass is 9.97. The number of piperidine rings is 1. The van der Waals surface area contributed by atoms with Gasteiger partial charge < -0.3 is 15.5 Å². The molecular formula is C22H30ClF3N4O4S. The molecule has 8 nitrogen and oxygen atoms in total. The van der Waals surface area contributed by atoms with E-state index in [0.717, 1.165) is 31.4 Å². The molecule has 1 aliphatic carbocycles. The molecule has 2 atom stereocenters. The highest BCUT2D eigenvalue weighted by Crippen LogP contribution is 2.28. The van der Waals surface area contributed by atoms with Crippen LogP contribution < -0.4 is 10.6 Å². The number of rotatable bonds is 9. The SMILES string of the molecule is CC[C@H](C(=O)N1CCC[C@@H](CNC(=O)NC2CC2)C1)N(CC(F)(F)F)S(=O)(=O)c1ccc(Cl)cc1. The Labute approximate surface area is 208 Å². The van der Waals surface area contributed by atoms with E-state index in [2.05, 4.69) is 10.6 Å². The number of nitrogens with zero attached hydrogens (tertiary/aromatic N) is 2. The fourth-order valence-electron chi connectivity index (χ4n) is 4.13. The number of benzene rings is 1. The van der Waals surface area contributed by atoms with Crippen molar-refractivity contribution in [1.29, 1.82) is 0 Å². The summed E-state index contributed by atoms with van der Waals surface area (Å²) in [6, 6.07) is 3.16. The molecule has 0 unspecified atom stereocenters. The van der Waals surface area contributed by atoms with Gasteiger partial charge in [-0.05, 0) is 62.3 Å². The van der Waals surface area contributed by atoms with Gasteiger partial charge in [-0.3, -0.25) is 4.79 Å². The van der Waals surface area contributed by atoms with Crippen LogP contribution in [0.2, 0.25) is 5.02 Å². The molecule has 1 aliphatic heterocycles. The fraction of sp³-hybridized carbons (Fsp3) is 0.636. The number of halogens is 4. The summed E-state index contributed by atoms with van der Waals surface area (Å²) in [5.74, 6) is -0.763. The Kier molecular flexibility index (Phi) is 8.92. The predicted molar refractivity (Wildman–Crippen MR) is 124 cm³/mol. The van der Waals surface area contributed by atoms with Crippen molar-refractivity contribution >= 4 is 33.6 Å². The highest BCUT2D eigenvalue weighted by molar-refractivity contribution is 7.89. The molecule has 0 spiro atoms. The van der Waals surface area contributed by atoms with E-state index >= 15 is 0 Å². The number of carbonyl (C=O) groups is 2. The van der Waals surface area contributed by atoms with E-state index in [1.807, 2.05) is 0 Å². The van der Waals surface area contributed by atoms with Crippen molar-refractivity contribution in [2.75, 3.05) is 26.2 Å². The topological polar surface area (TPSA) is 98.8 Å². The van der Waals surface area contributed by atoms with E-state index in [1.54, 1.807) is 0 Å². The summed E-state index contributed by atoms with van der Waals surface area (Å²) in [6.45, 7) is 0.534. The molecule has 1 heterocycles. The molecule has 1 saturated heterocycles. The van der Waals surface area contributed by atoms with Crippen LogP contribution >= 0.6 is 11.6 Å². The standard InChI is InChI=1S/C22H30ClF3N4O4S/c1-2-19(30(14-22(24,25)26)35(33,34)18-9-5-16(23)6-10-18)20(31)29-11-3-4-15(13-29)12-27-21(32)28-17-7-8-17/h5-6,9-10,15,17,19H,2-4,7-8,11-14H2,1H3,(H2,27,28,32)/t15-,19+/m0/s1. The number of nitrogens with one attached hydrogen (secondary N) is 2. The van der Waals surface area contributed by atoms with Gasteiger partial charge in [0.05, 0.1) is 4.90 Å². The molecule has 1 aromatic rings. The van der Waals surface area contributed by atoms with Gasteiger partial charge in [-0.15, -0.1) is 0 Å². The van der Waals surface area contributed by atoms with Gasteiger partial charge in [0.2, 0.25) is 15.9 Å². The molecule has 35 heavy (non-hydrogen) atoms. The van der Waals surface area contributed by atoms with Crippen molar-refractivity contribution in [3.63, 3.8) is 0 Å². The molecule has 2 fully saturated rings. The van der Waals surface area contributed by atoms with Crippen LogP contribution in [0.15, 0.2) is 29.2 Å². The predicted octanol–water partition coefficient (Wildman–Crippen LogP) is 3.37. The van der Waals surface area contributed by atoms with Crippen LogP contribution in [-0.4, -0.2) is 74.0 Å². The van der Waals surface area contributed by atoms with E-state index in [9.17, 15) is 31.2 Å². The molecule has 13 heteroatoms. The van der Waals surface area contributed by atoms with Crippen LogP contribution in [-0.2, 0) is 14.8 Å². The first-order valence-electron chi connectivity index (χ1n) is 11.6. The van der Waals surface area contributed by atoms with E-state index in [4.69, 9.17) is 11.6 Å². The largest absolute Gasteiger partial charge is 0.402 e. The van der Waals surface area contributed by atoms with Gasteiger partial charge >= 0.3 is 12.2 Å². The average Bonchev–Trinajstić information content (AvgIpc) is 3.61. The summed E-state index contributed by atoms with van der Waals surface area (Å²) in [5.41, 5.74) is 0. The summed E-state index contributed by atoms with van der Waals surface area (Å²) in [5, 5.41) is 5.81. The molecule has 0 aromatic heterocycles. The van der Waals surface area contributed by atoms with Crippen molar-refractivity contribution in [3.8, 4) is 0 Å². The first kappa shape index (κ1) is 27.5. The van der Waals surface area contributed by atoms with Crippen molar-refractivity contribution in [2.24, 2.45) is 5.92 Å². The van der Waals surface area contributed by atoms with Crippen molar-refractivity contribution < 1.29 is 31.2 Å². The highest BCUT2D eigenvalue weighted by atomic mass is 35.5. The Morgan fingerprint density at radius 3 is 2.43 bits per heavy atom. The number of sulfonamides is 1. The average molecular weight is 539 g/mol. The van der Waals surface area contributed by atoms with Crippen LogP contribution in [0.5, 0.6) is 0 Å². The normalized spacial score (nSPS) is 19.9. The van der Waals surface area contributed by atoms with Gasteiger partial charge in [0.25, 0.3) is 0 Å². The number of hydrogen-bond acceptors (Lipinski definition) is 4. The smallest absolute Gasteiger partial charge is 0.341 e. The Hall–Kier alpha value is -2.05. The third-order valence-corrected chi connectivity index (χ3v) is 8.19. The zero-order valence-corrected chi connectivity index (χ0v) is 20.9. The molecule has 196 valence electrons. The Morgan fingerprint density at radius 2 is 1.86 bits per heavy atom. The van der Waals surface area contributed by atoms with Crippen molar-refractivity contribution in [3.05, 3.63) is 29.3 Å². The fourth-order valence-corrected chi connectivity index (χ4v) is 5.89. The maximum absolute atomic E-state index is 13.5. The monoisotopic (exact) mass is 538 g/mol. The van der Waals surface area contributed by atoms with Gasteiger partial charge in [-0.25, -0.2) is 13.2 Å². The van der Waals surface area contributed by atoms with Crippen LogP contribution in [0.1, 0.15) is 39.0 Å². The summed E-state index contributed by atoms with van der Waals surface area (Å²) in [4.78, 5) is 26.3. The molecule has 3 amide bonds. The van der Waals surface area contributed by atoms with Crippen LogP contribution in [0.25, 0.3) is 0 Å². The van der Waals surface area contributed by atoms with Crippen LogP contribution in [0.3, 0.4) is 0 Å². The van der Waals surface area contributed by atoms with Gasteiger partial charge in [-0.2, -0.15) is 17.5 Å². The zero-order valence-electron chi connectivity index (χ0n) is 19.4. The van der Waals surface area contributed by atoms with Crippen molar-refractivity contribution in [2.45, 2.75) is 62.2 Å². The van der Waals surface area contributed by atoms with Crippen LogP contribution in [0, 0.1) is 5.92 Å². The van der Waals surface area contributed by atoms with Gasteiger partial charge in [-0.1, -0.05) is 18.5 Å². The zero-order chi connectivity index (χ0) is 25.8. The van der Waals surface area contributed by atoms with Gasteiger partial charge in [0.1, 0.15) is 12.6 Å². The first-order chi connectivity index (χ1) is 16.4. The maximum atomic E-state index is 13.5. The minimum atomic E-state index is -4.85. The second-order valence-electron chi connectivity index (χ2n) is 8.96. The number of amides is 3. The second kappa shape index (κ2) is 11.3. The number of hydrogen-bond donors (Lipinski definition) is 2. The minimum absolute atomic E-state index is 0.0842. The molecule has 3 rings (SSSR count). The molecule has 2 N–H and O–H groups in total. The van der Waals surface area contributed by atoms with E-state index in [1.165, 1.54) is 24.0 Å². The molecule has 0 bridgehead atoms. The molecule has 1 saturated carbocycles. The summed E-state index contributed by atoms with van der Waals surface area (Å²) >= 11 is 5.80. The lowest BCUT2D eigenvalue weighted by molar-refractivity contribution is -0.149. The lowest BCUT2D eigenvalue weighted by Gasteiger charge is -2.38. The summed E-state index contributed by atoms with van der Waals surface area (Å²) < 4.78 is 67.0. The van der Waals surface area contributed by atoms with E-state index < -0.39 is 34.7 Å². The second-order valence-corrected chi connectivity index (χ2v) is 11.3. The minimum Gasteiger partial charge on any atom is -0.341 e. The summed E-state index contributed by atoms with van der Waals surface area (Å²) in [6.07, 6.45) is -1.75. The molecule has 0 radical (unpaired) electrons. The summed E-state index contributed by atoms with van der Waals surface area (Å²) in [7, 11) is -4.64. The quantitative estimate of drug-likeness (QED) is 0.503. The number of alkyl halides is 3. The molecular weight excluding hydrogens is 509 g/mol. The van der Waals surface area contributed by atoms with E-state index in [0.29, 0.717) is 19.5 Å². The number of likely N-dealkylation sites (tertiary alicyclic amines) is 1. The van der Waals surface area contributed by atoms with Gasteiger partial charge in [0, 0.05) is 30.7 Å². The van der Waals surface area contributed by atoms with Gasteiger partial charge in [0.15, 0.2) is 0 Å². The first-order valence-corrected chi connectivity index (χ1v) is 13.4. The highest BCUT2D eigenvalue weighted by Gasteiger charge is 2.44. The third-order valence-electron chi connectivity index (χ3n) is 6.07. The Bertz CT molecular complexity index is 1000.